The van der Waals surface area contributed by atoms with Crippen molar-refractivity contribution in [3.05, 3.63) is 77.1 Å². The second kappa shape index (κ2) is 8.32. The molecule has 0 unspecified atom stereocenters. The molecule has 0 saturated carbocycles. The lowest BCUT2D eigenvalue weighted by molar-refractivity contribution is -0.113. The number of aromatic nitrogens is 3. The van der Waals surface area contributed by atoms with E-state index in [9.17, 15) is 4.79 Å². The summed E-state index contributed by atoms with van der Waals surface area (Å²) in [7, 11) is 0. The summed E-state index contributed by atoms with van der Waals surface area (Å²) in [6.45, 7) is 8.06. The quantitative estimate of drug-likeness (QED) is 0.351. The second-order valence-corrected chi connectivity index (χ2v) is 8.43. The minimum atomic E-state index is -0.0435. The van der Waals surface area contributed by atoms with Crippen molar-refractivity contribution in [2.24, 2.45) is 0 Å². The van der Waals surface area contributed by atoms with Crippen LogP contribution in [-0.4, -0.2) is 26.3 Å². The number of anilines is 1. The van der Waals surface area contributed by atoms with Gasteiger partial charge in [-0.3, -0.25) is 4.79 Å². The number of carbonyl (C=O) groups is 1. The average Bonchev–Trinajstić information content (AvgIpc) is 3.05. The number of thioether (sulfide) groups is 1. The Morgan fingerprint density at radius 1 is 1.00 bits per heavy atom. The Morgan fingerprint density at radius 2 is 1.77 bits per heavy atom. The summed E-state index contributed by atoms with van der Waals surface area (Å²) in [4.78, 5) is 17.3. The zero-order valence-electron chi connectivity index (χ0n) is 17.6. The molecule has 0 radical (unpaired) electrons. The number of hydrogen-bond donors (Lipinski definition) is 1. The molecule has 0 aliphatic rings. The largest absolute Gasteiger partial charge is 0.325 e. The normalized spacial score (nSPS) is 11.1. The number of amides is 1. The van der Waals surface area contributed by atoms with Crippen molar-refractivity contribution in [1.82, 2.24) is 14.6 Å². The third-order valence-corrected chi connectivity index (χ3v) is 6.06. The molecule has 30 heavy (non-hydrogen) atoms. The highest BCUT2D eigenvalue weighted by Crippen LogP contribution is 2.30. The molecule has 0 bridgehead atoms. The number of fused-ring (bicyclic) bond motifs is 1. The van der Waals surface area contributed by atoms with E-state index in [1.807, 2.05) is 67.8 Å². The van der Waals surface area contributed by atoms with Gasteiger partial charge in [0, 0.05) is 16.9 Å². The molecule has 152 valence electrons. The first-order valence-corrected chi connectivity index (χ1v) is 10.8. The first kappa shape index (κ1) is 20.2. The molecule has 5 nitrogen and oxygen atoms in total. The van der Waals surface area contributed by atoms with Crippen molar-refractivity contribution < 1.29 is 4.79 Å². The van der Waals surface area contributed by atoms with Crippen LogP contribution in [0.15, 0.2) is 59.6 Å². The molecule has 0 atom stereocenters. The Hall–Kier alpha value is -3.12. The fourth-order valence-corrected chi connectivity index (χ4v) is 4.27. The second-order valence-electron chi connectivity index (χ2n) is 7.43. The first-order valence-electron chi connectivity index (χ1n) is 9.84. The molecule has 1 amide bonds. The number of hydrogen-bond acceptors (Lipinski definition) is 4. The van der Waals surface area contributed by atoms with Crippen LogP contribution < -0.4 is 5.32 Å². The molecular weight excluding hydrogens is 392 g/mol. The summed E-state index contributed by atoms with van der Waals surface area (Å²) in [6, 6.07) is 18.1. The molecule has 1 N–H and O–H groups in total. The van der Waals surface area contributed by atoms with Gasteiger partial charge in [-0.2, -0.15) is 5.10 Å². The summed E-state index contributed by atoms with van der Waals surface area (Å²) < 4.78 is 1.85. The Morgan fingerprint density at radius 3 is 2.50 bits per heavy atom. The highest BCUT2D eigenvalue weighted by Gasteiger charge is 2.17. The van der Waals surface area contributed by atoms with Crippen molar-refractivity contribution >= 4 is 29.0 Å². The Labute approximate surface area is 180 Å². The van der Waals surface area contributed by atoms with E-state index < -0.39 is 0 Å². The van der Waals surface area contributed by atoms with Gasteiger partial charge in [-0.05, 0) is 62.6 Å². The smallest absolute Gasteiger partial charge is 0.234 e. The van der Waals surface area contributed by atoms with Gasteiger partial charge in [-0.15, -0.1) is 0 Å². The molecule has 4 aromatic rings. The van der Waals surface area contributed by atoms with Crippen molar-refractivity contribution in [3.63, 3.8) is 0 Å². The minimum absolute atomic E-state index is 0.0435. The van der Waals surface area contributed by atoms with Gasteiger partial charge in [0.2, 0.25) is 5.91 Å². The SMILES string of the molecule is Cc1cc(SCC(=O)Nc2ccc(C)c(C)c2)n2nc(C)c(-c3ccccc3)c2n1. The van der Waals surface area contributed by atoms with Crippen LogP contribution in [0.2, 0.25) is 0 Å². The predicted octanol–water partition coefficient (Wildman–Crippen LogP) is 5.36. The van der Waals surface area contributed by atoms with Crippen molar-refractivity contribution in [2.75, 3.05) is 11.1 Å². The summed E-state index contributed by atoms with van der Waals surface area (Å²) in [5.74, 6) is 0.253. The van der Waals surface area contributed by atoms with Crippen LogP contribution in [0.5, 0.6) is 0 Å². The maximum Gasteiger partial charge on any atom is 0.234 e. The maximum atomic E-state index is 12.5. The molecule has 6 heteroatoms. The molecule has 0 spiro atoms. The van der Waals surface area contributed by atoms with E-state index in [0.717, 1.165) is 44.4 Å². The van der Waals surface area contributed by atoms with Gasteiger partial charge < -0.3 is 5.32 Å². The van der Waals surface area contributed by atoms with E-state index in [4.69, 9.17) is 10.1 Å². The van der Waals surface area contributed by atoms with Gasteiger partial charge in [0.25, 0.3) is 0 Å². The number of aryl methyl sites for hydroxylation is 4. The highest BCUT2D eigenvalue weighted by atomic mass is 32.2. The molecule has 0 fully saturated rings. The van der Waals surface area contributed by atoms with Crippen molar-refractivity contribution in [3.8, 4) is 11.1 Å². The molecule has 2 aromatic heterocycles. The molecule has 4 rings (SSSR count). The number of nitrogens with one attached hydrogen (secondary N) is 1. The third kappa shape index (κ3) is 4.09. The van der Waals surface area contributed by atoms with Crippen LogP contribution in [0.1, 0.15) is 22.5 Å². The van der Waals surface area contributed by atoms with Gasteiger partial charge in [0.15, 0.2) is 5.65 Å². The lowest BCUT2D eigenvalue weighted by Gasteiger charge is -2.09. The Balaban J connectivity index is 1.58. The van der Waals surface area contributed by atoms with E-state index in [2.05, 4.69) is 24.4 Å². The lowest BCUT2D eigenvalue weighted by Crippen LogP contribution is -2.14. The van der Waals surface area contributed by atoms with E-state index in [1.165, 1.54) is 17.3 Å². The molecular formula is C24H24N4OS. The van der Waals surface area contributed by atoms with E-state index in [-0.39, 0.29) is 5.91 Å². The van der Waals surface area contributed by atoms with E-state index in [0.29, 0.717) is 5.75 Å². The van der Waals surface area contributed by atoms with Crippen LogP contribution in [0.25, 0.3) is 16.8 Å². The molecule has 0 aliphatic carbocycles. The van der Waals surface area contributed by atoms with Gasteiger partial charge in [-0.25, -0.2) is 9.50 Å². The topological polar surface area (TPSA) is 59.3 Å². The third-order valence-electron chi connectivity index (χ3n) is 5.06. The van der Waals surface area contributed by atoms with E-state index in [1.54, 1.807) is 0 Å². The van der Waals surface area contributed by atoms with Crippen LogP contribution in [0, 0.1) is 27.7 Å². The zero-order chi connectivity index (χ0) is 21.3. The van der Waals surface area contributed by atoms with Gasteiger partial charge in [0.05, 0.1) is 11.4 Å². The highest BCUT2D eigenvalue weighted by molar-refractivity contribution is 7.99. The zero-order valence-corrected chi connectivity index (χ0v) is 18.4. The summed E-state index contributed by atoms with van der Waals surface area (Å²) in [6.07, 6.45) is 0. The van der Waals surface area contributed by atoms with Crippen LogP contribution >= 0.6 is 11.8 Å². The van der Waals surface area contributed by atoms with Gasteiger partial charge in [0.1, 0.15) is 5.03 Å². The number of nitrogens with zero attached hydrogens (tertiary/aromatic N) is 3. The molecule has 0 saturated heterocycles. The van der Waals surface area contributed by atoms with Crippen LogP contribution in [0.3, 0.4) is 0 Å². The standard InChI is InChI=1S/C24H24N4OS/c1-15-10-11-20(12-16(15)2)26-21(29)14-30-22-13-17(3)25-24-23(18(4)27-28(22)24)19-8-6-5-7-9-19/h5-13H,14H2,1-4H3,(H,26,29). The number of benzene rings is 2. The van der Waals surface area contributed by atoms with Crippen molar-refractivity contribution in [1.29, 1.82) is 0 Å². The summed E-state index contributed by atoms with van der Waals surface area (Å²) >= 11 is 1.46. The van der Waals surface area contributed by atoms with Crippen LogP contribution in [-0.2, 0) is 4.79 Å². The minimum Gasteiger partial charge on any atom is -0.325 e. The number of carbonyl (C=O) groups excluding carboxylic acids is 1. The molecule has 2 heterocycles. The Bertz CT molecular complexity index is 1230. The fraction of sp³-hybridized carbons (Fsp3) is 0.208. The predicted molar refractivity (Wildman–Crippen MR) is 123 cm³/mol. The Kier molecular flexibility index (Phi) is 5.59. The van der Waals surface area contributed by atoms with Crippen molar-refractivity contribution in [2.45, 2.75) is 32.7 Å². The summed E-state index contributed by atoms with van der Waals surface area (Å²) in [5.41, 5.74) is 7.94. The average molecular weight is 417 g/mol. The summed E-state index contributed by atoms with van der Waals surface area (Å²) in [5, 5.41) is 8.60. The number of rotatable bonds is 5. The fourth-order valence-electron chi connectivity index (χ4n) is 3.41. The van der Waals surface area contributed by atoms with Gasteiger partial charge in [-0.1, -0.05) is 48.2 Å². The van der Waals surface area contributed by atoms with E-state index >= 15 is 0 Å². The molecule has 0 aliphatic heterocycles. The monoisotopic (exact) mass is 416 g/mol. The lowest BCUT2D eigenvalue weighted by atomic mass is 10.1. The molecule has 2 aromatic carbocycles. The maximum absolute atomic E-state index is 12.5. The first-order chi connectivity index (χ1) is 14.4. The van der Waals surface area contributed by atoms with Gasteiger partial charge >= 0.3 is 0 Å². The van der Waals surface area contributed by atoms with Crippen LogP contribution in [0.4, 0.5) is 5.69 Å².